The molecule has 6 heteroatoms. The fourth-order valence-corrected chi connectivity index (χ4v) is 3.26. The number of methoxy groups -OCH3 is 1. The lowest BCUT2D eigenvalue weighted by Gasteiger charge is -2.19. The van der Waals surface area contributed by atoms with Crippen molar-refractivity contribution in [1.29, 1.82) is 0 Å². The van der Waals surface area contributed by atoms with Gasteiger partial charge in [-0.3, -0.25) is 4.79 Å². The summed E-state index contributed by atoms with van der Waals surface area (Å²) in [4.78, 5) is 15.4. The first-order valence-electron chi connectivity index (χ1n) is 6.93. The van der Waals surface area contributed by atoms with Gasteiger partial charge in [0.05, 0.1) is 7.11 Å². The van der Waals surface area contributed by atoms with Crippen LogP contribution in [0.5, 0.6) is 5.88 Å². The van der Waals surface area contributed by atoms with E-state index in [0.29, 0.717) is 17.5 Å². The number of fused-ring (bicyclic) bond motifs is 1. The lowest BCUT2D eigenvalue weighted by molar-refractivity contribution is -0.119. The van der Waals surface area contributed by atoms with Crippen LogP contribution in [0.3, 0.4) is 0 Å². The molecule has 0 aromatic carbocycles. The van der Waals surface area contributed by atoms with Crippen LogP contribution >= 0.6 is 11.6 Å². The van der Waals surface area contributed by atoms with Gasteiger partial charge in [0.15, 0.2) is 0 Å². The number of carbonyl (C=O) groups is 1. The lowest BCUT2D eigenvalue weighted by atomic mass is 10.1. The molecule has 1 aliphatic carbocycles. The van der Waals surface area contributed by atoms with Crippen LogP contribution in [-0.2, 0) is 11.2 Å². The van der Waals surface area contributed by atoms with Gasteiger partial charge >= 0.3 is 0 Å². The Kier molecular flexibility index (Phi) is 3.81. The van der Waals surface area contributed by atoms with Gasteiger partial charge < -0.3 is 15.4 Å². The monoisotopic (exact) mass is 295 g/mol. The van der Waals surface area contributed by atoms with Crippen molar-refractivity contribution in [3.8, 4) is 5.88 Å². The lowest BCUT2D eigenvalue weighted by Crippen LogP contribution is -2.36. The summed E-state index contributed by atoms with van der Waals surface area (Å²) in [6, 6.07) is 2.37. The van der Waals surface area contributed by atoms with Crippen molar-refractivity contribution in [1.82, 2.24) is 15.6 Å². The van der Waals surface area contributed by atoms with Crippen molar-refractivity contribution in [2.24, 2.45) is 0 Å². The van der Waals surface area contributed by atoms with Gasteiger partial charge in [-0.15, -0.1) is 0 Å². The van der Waals surface area contributed by atoms with Crippen LogP contribution in [0.25, 0.3) is 0 Å². The Morgan fingerprint density at radius 3 is 3.05 bits per heavy atom. The van der Waals surface area contributed by atoms with E-state index < -0.39 is 0 Å². The van der Waals surface area contributed by atoms with Gasteiger partial charge in [0.25, 0.3) is 0 Å². The summed E-state index contributed by atoms with van der Waals surface area (Å²) < 4.78 is 5.35. The maximum atomic E-state index is 11.2. The zero-order valence-electron chi connectivity index (χ0n) is 11.4. The zero-order valence-corrected chi connectivity index (χ0v) is 12.2. The molecule has 0 saturated carbocycles. The first-order valence-corrected chi connectivity index (χ1v) is 7.31. The molecule has 1 amide bonds. The normalized spacial score (nSPS) is 24.6. The molecule has 5 nitrogen and oxygen atoms in total. The summed E-state index contributed by atoms with van der Waals surface area (Å²) in [6.07, 6.45) is 3.52. The molecule has 1 aromatic rings. The summed E-state index contributed by atoms with van der Waals surface area (Å²) in [6.45, 7) is 0.779. The highest BCUT2D eigenvalue weighted by Crippen LogP contribution is 2.38. The van der Waals surface area contributed by atoms with Crippen molar-refractivity contribution in [3.05, 3.63) is 22.3 Å². The van der Waals surface area contributed by atoms with Crippen molar-refractivity contribution >= 4 is 17.5 Å². The van der Waals surface area contributed by atoms with Crippen LogP contribution in [0, 0.1) is 0 Å². The maximum Gasteiger partial charge on any atom is 0.220 e. The molecule has 3 rings (SSSR count). The van der Waals surface area contributed by atoms with E-state index in [4.69, 9.17) is 16.3 Å². The van der Waals surface area contributed by atoms with Gasteiger partial charge in [0.2, 0.25) is 11.8 Å². The van der Waals surface area contributed by atoms with Gasteiger partial charge in [-0.05, 0) is 30.9 Å². The minimum atomic E-state index is 0.148. The average molecular weight is 296 g/mol. The largest absolute Gasteiger partial charge is 0.481 e. The third-order valence-electron chi connectivity index (χ3n) is 4.02. The molecular formula is C14H18ClN3O2. The van der Waals surface area contributed by atoms with Crippen LogP contribution in [0.1, 0.15) is 36.4 Å². The van der Waals surface area contributed by atoms with Crippen molar-refractivity contribution < 1.29 is 9.53 Å². The number of halogens is 1. The smallest absolute Gasteiger partial charge is 0.220 e. The van der Waals surface area contributed by atoms with Gasteiger partial charge in [0, 0.05) is 30.6 Å². The number of amides is 1. The van der Waals surface area contributed by atoms with E-state index in [9.17, 15) is 4.79 Å². The number of nitrogens with one attached hydrogen (secondary N) is 2. The highest BCUT2D eigenvalue weighted by atomic mass is 35.5. The van der Waals surface area contributed by atoms with Crippen LogP contribution in [-0.4, -0.2) is 30.6 Å². The Bertz CT molecular complexity index is 535. The predicted octanol–water partition coefficient (Wildman–Crippen LogP) is 1.60. The van der Waals surface area contributed by atoms with Gasteiger partial charge in [-0.2, -0.15) is 0 Å². The van der Waals surface area contributed by atoms with E-state index >= 15 is 0 Å². The minimum absolute atomic E-state index is 0.148. The Morgan fingerprint density at radius 1 is 1.50 bits per heavy atom. The Morgan fingerprint density at radius 2 is 2.35 bits per heavy atom. The Hall–Kier alpha value is -1.33. The number of hydrogen-bond donors (Lipinski definition) is 2. The molecule has 108 valence electrons. The number of ether oxygens (including phenoxy) is 1. The Labute approximate surface area is 123 Å². The number of aryl methyl sites for hydroxylation is 1. The predicted molar refractivity (Wildman–Crippen MR) is 76.0 cm³/mol. The van der Waals surface area contributed by atoms with Crippen molar-refractivity contribution in [2.45, 2.75) is 37.8 Å². The molecule has 2 atom stereocenters. The topological polar surface area (TPSA) is 63.2 Å². The maximum absolute atomic E-state index is 11.2. The summed E-state index contributed by atoms with van der Waals surface area (Å²) in [7, 11) is 1.62. The van der Waals surface area contributed by atoms with Crippen LogP contribution in [0.2, 0.25) is 5.15 Å². The number of carbonyl (C=O) groups excluding carboxylic acids is 1. The molecule has 1 aromatic heterocycles. The highest BCUT2D eigenvalue weighted by Gasteiger charge is 2.29. The third-order valence-corrected chi connectivity index (χ3v) is 4.21. The van der Waals surface area contributed by atoms with Crippen LogP contribution in [0.15, 0.2) is 6.07 Å². The molecule has 2 aliphatic rings. The minimum Gasteiger partial charge on any atom is -0.481 e. The molecular weight excluding hydrogens is 278 g/mol. The second-order valence-corrected chi connectivity index (χ2v) is 5.72. The molecule has 1 aliphatic heterocycles. The van der Waals surface area contributed by atoms with E-state index in [0.717, 1.165) is 31.4 Å². The SMILES string of the molecule is COc1nc(Cl)cc2c1[C@@H](NC[C@@H]1CCC(=O)N1)CC2. The standard InChI is InChI=1S/C14H18ClN3O2/c1-20-14-13-8(6-11(15)18-14)2-4-10(13)16-7-9-3-5-12(19)17-9/h6,9-10,16H,2-5,7H2,1H3,(H,17,19)/t9-,10-/m0/s1. The summed E-state index contributed by atoms with van der Waals surface area (Å²) in [5.41, 5.74) is 2.32. The molecule has 0 bridgehead atoms. The fourth-order valence-electron chi connectivity index (χ4n) is 3.05. The molecule has 20 heavy (non-hydrogen) atoms. The number of rotatable bonds is 4. The van der Waals surface area contributed by atoms with E-state index in [2.05, 4.69) is 15.6 Å². The molecule has 0 spiro atoms. The number of nitrogens with zero attached hydrogens (tertiary/aromatic N) is 1. The number of hydrogen-bond acceptors (Lipinski definition) is 4. The molecule has 2 N–H and O–H groups in total. The second-order valence-electron chi connectivity index (χ2n) is 5.33. The van der Waals surface area contributed by atoms with Crippen LogP contribution in [0.4, 0.5) is 0 Å². The summed E-state index contributed by atoms with van der Waals surface area (Å²) in [5, 5.41) is 6.96. The Balaban J connectivity index is 1.71. The van der Waals surface area contributed by atoms with E-state index in [1.165, 1.54) is 5.56 Å². The van der Waals surface area contributed by atoms with E-state index in [1.54, 1.807) is 7.11 Å². The van der Waals surface area contributed by atoms with Crippen molar-refractivity contribution in [3.63, 3.8) is 0 Å². The molecule has 1 fully saturated rings. The van der Waals surface area contributed by atoms with E-state index in [-0.39, 0.29) is 18.0 Å². The quantitative estimate of drug-likeness (QED) is 0.828. The number of pyridine rings is 1. The molecule has 0 unspecified atom stereocenters. The van der Waals surface area contributed by atoms with E-state index in [1.807, 2.05) is 6.07 Å². The van der Waals surface area contributed by atoms with Gasteiger partial charge in [-0.25, -0.2) is 4.98 Å². The zero-order chi connectivity index (χ0) is 14.1. The average Bonchev–Trinajstić information content (AvgIpc) is 3.01. The summed E-state index contributed by atoms with van der Waals surface area (Å²) >= 11 is 5.99. The summed E-state index contributed by atoms with van der Waals surface area (Å²) in [5.74, 6) is 0.757. The fraction of sp³-hybridized carbons (Fsp3) is 0.571. The third kappa shape index (κ3) is 2.60. The van der Waals surface area contributed by atoms with Crippen molar-refractivity contribution in [2.75, 3.05) is 13.7 Å². The first-order chi connectivity index (χ1) is 9.67. The van der Waals surface area contributed by atoms with Gasteiger partial charge in [0.1, 0.15) is 5.15 Å². The van der Waals surface area contributed by atoms with Gasteiger partial charge in [-0.1, -0.05) is 11.6 Å². The molecule has 1 saturated heterocycles. The second kappa shape index (κ2) is 5.58. The van der Waals surface area contributed by atoms with Crippen LogP contribution < -0.4 is 15.4 Å². The first kappa shape index (κ1) is 13.6. The highest BCUT2D eigenvalue weighted by molar-refractivity contribution is 6.29. The molecule has 0 radical (unpaired) electrons. The number of aromatic nitrogens is 1. The molecule has 2 heterocycles.